The zero-order chi connectivity index (χ0) is 15.4. The molecule has 0 amide bonds. The molecule has 0 aliphatic carbocycles. The van der Waals surface area contributed by atoms with Crippen molar-refractivity contribution in [2.24, 2.45) is 0 Å². The molecule has 0 spiro atoms. The molecular formula is C15H16N2O3S. The van der Waals surface area contributed by atoms with E-state index in [0.717, 1.165) is 5.56 Å². The standard InChI is InChI=1S/C15H16N2O3S/c1-9-13(14(16-3)21-17-9)15(19)20-8-11-5-4-6-12(7-11)10(2)18/h4-7,16H,8H2,1-3H3. The molecule has 0 saturated heterocycles. The molecule has 0 bridgehead atoms. The van der Waals surface area contributed by atoms with Crippen molar-refractivity contribution in [1.82, 2.24) is 4.37 Å². The Kier molecular flexibility index (Phi) is 4.70. The van der Waals surface area contributed by atoms with Crippen LogP contribution in [0.2, 0.25) is 0 Å². The molecule has 0 aliphatic heterocycles. The maximum Gasteiger partial charge on any atom is 0.343 e. The van der Waals surface area contributed by atoms with Gasteiger partial charge in [0, 0.05) is 12.6 Å². The van der Waals surface area contributed by atoms with Crippen LogP contribution in [0.25, 0.3) is 0 Å². The molecule has 0 aliphatic rings. The smallest absolute Gasteiger partial charge is 0.343 e. The van der Waals surface area contributed by atoms with Crippen molar-refractivity contribution in [2.75, 3.05) is 12.4 Å². The largest absolute Gasteiger partial charge is 0.457 e. The third kappa shape index (κ3) is 3.46. The second kappa shape index (κ2) is 6.49. The summed E-state index contributed by atoms with van der Waals surface area (Å²) in [5, 5.41) is 3.62. The Labute approximate surface area is 127 Å². The number of nitrogens with zero attached hydrogens (tertiary/aromatic N) is 1. The summed E-state index contributed by atoms with van der Waals surface area (Å²) in [6.45, 7) is 3.40. The first-order valence-electron chi connectivity index (χ1n) is 6.44. The predicted molar refractivity (Wildman–Crippen MR) is 82.0 cm³/mol. The third-order valence-electron chi connectivity index (χ3n) is 3.00. The van der Waals surface area contributed by atoms with Crippen LogP contribution in [0.5, 0.6) is 0 Å². The van der Waals surface area contributed by atoms with Crippen molar-refractivity contribution in [1.29, 1.82) is 0 Å². The number of aryl methyl sites for hydroxylation is 1. The third-order valence-corrected chi connectivity index (χ3v) is 3.95. The molecule has 0 saturated carbocycles. The van der Waals surface area contributed by atoms with Crippen LogP contribution < -0.4 is 5.32 Å². The summed E-state index contributed by atoms with van der Waals surface area (Å²) in [6, 6.07) is 7.06. The van der Waals surface area contributed by atoms with Crippen molar-refractivity contribution in [2.45, 2.75) is 20.5 Å². The maximum absolute atomic E-state index is 12.1. The summed E-state index contributed by atoms with van der Waals surface area (Å²) in [5.41, 5.74) is 2.49. The highest BCUT2D eigenvalue weighted by atomic mass is 32.1. The van der Waals surface area contributed by atoms with Gasteiger partial charge in [-0.1, -0.05) is 18.2 Å². The van der Waals surface area contributed by atoms with Gasteiger partial charge in [-0.15, -0.1) is 0 Å². The van der Waals surface area contributed by atoms with Gasteiger partial charge in [-0.25, -0.2) is 4.79 Å². The molecule has 5 nitrogen and oxygen atoms in total. The van der Waals surface area contributed by atoms with Crippen LogP contribution in [0.15, 0.2) is 24.3 Å². The molecule has 1 aromatic carbocycles. The summed E-state index contributed by atoms with van der Waals surface area (Å²) >= 11 is 1.23. The maximum atomic E-state index is 12.1. The molecule has 2 aromatic rings. The fourth-order valence-corrected chi connectivity index (χ4v) is 2.62. The number of aromatic nitrogens is 1. The molecule has 0 fully saturated rings. The molecule has 1 N–H and O–H groups in total. The molecule has 0 atom stereocenters. The SMILES string of the molecule is CNc1snc(C)c1C(=O)OCc1cccc(C(C)=O)c1. The molecule has 110 valence electrons. The van der Waals surface area contributed by atoms with Crippen LogP contribution in [0, 0.1) is 6.92 Å². The van der Waals surface area contributed by atoms with Gasteiger partial charge in [-0.3, -0.25) is 4.79 Å². The highest BCUT2D eigenvalue weighted by Gasteiger charge is 2.19. The number of Topliss-reactive ketones (excluding diaryl/α,β-unsaturated/α-hetero) is 1. The van der Waals surface area contributed by atoms with E-state index in [9.17, 15) is 9.59 Å². The lowest BCUT2D eigenvalue weighted by Gasteiger charge is -2.07. The highest BCUT2D eigenvalue weighted by molar-refractivity contribution is 7.10. The first-order valence-corrected chi connectivity index (χ1v) is 7.21. The number of nitrogens with one attached hydrogen (secondary N) is 1. The second-order valence-electron chi connectivity index (χ2n) is 4.55. The number of carbonyl (C=O) groups is 2. The number of hydrogen-bond acceptors (Lipinski definition) is 6. The van der Waals surface area contributed by atoms with E-state index in [1.807, 2.05) is 6.07 Å². The molecular weight excluding hydrogens is 288 g/mol. The van der Waals surface area contributed by atoms with E-state index in [-0.39, 0.29) is 12.4 Å². The lowest BCUT2D eigenvalue weighted by atomic mass is 10.1. The van der Waals surface area contributed by atoms with Crippen LogP contribution in [0.1, 0.15) is 38.9 Å². The van der Waals surface area contributed by atoms with E-state index in [2.05, 4.69) is 9.69 Å². The monoisotopic (exact) mass is 304 g/mol. The Morgan fingerprint density at radius 2 is 2.14 bits per heavy atom. The van der Waals surface area contributed by atoms with Gasteiger partial charge in [0.15, 0.2) is 5.78 Å². The zero-order valence-electron chi connectivity index (χ0n) is 12.1. The zero-order valence-corrected chi connectivity index (χ0v) is 12.9. The minimum atomic E-state index is -0.418. The van der Waals surface area contributed by atoms with Gasteiger partial charge in [0.25, 0.3) is 0 Å². The number of benzene rings is 1. The lowest BCUT2D eigenvalue weighted by molar-refractivity contribution is 0.0473. The van der Waals surface area contributed by atoms with E-state index in [1.165, 1.54) is 18.5 Å². The molecule has 21 heavy (non-hydrogen) atoms. The molecule has 1 aromatic heterocycles. The minimum Gasteiger partial charge on any atom is -0.457 e. The van der Waals surface area contributed by atoms with E-state index < -0.39 is 5.97 Å². The van der Waals surface area contributed by atoms with Crippen molar-refractivity contribution in [3.05, 3.63) is 46.6 Å². The first kappa shape index (κ1) is 15.2. The number of anilines is 1. The van der Waals surface area contributed by atoms with Crippen LogP contribution in [-0.2, 0) is 11.3 Å². The lowest BCUT2D eigenvalue weighted by Crippen LogP contribution is -2.08. The average molecular weight is 304 g/mol. The van der Waals surface area contributed by atoms with Crippen molar-refractivity contribution in [3.63, 3.8) is 0 Å². The second-order valence-corrected chi connectivity index (χ2v) is 5.33. The van der Waals surface area contributed by atoms with Gasteiger partial charge in [0.05, 0.1) is 5.69 Å². The van der Waals surface area contributed by atoms with Crippen LogP contribution >= 0.6 is 11.5 Å². The number of rotatable bonds is 5. The summed E-state index contributed by atoms with van der Waals surface area (Å²) in [4.78, 5) is 23.5. The Balaban J connectivity index is 2.09. The van der Waals surface area contributed by atoms with Gasteiger partial charge in [-0.2, -0.15) is 4.37 Å². The van der Waals surface area contributed by atoms with Crippen LogP contribution in [0.4, 0.5) is 5.00 Å². The Morgan fingerprint density at radius 1 is 1.38 bits per heavy atom. The van der Waals surface area contributed by atoms with E-state index in [4.69, 9.17) is 4.74 Å². The fourth-order valence-electron chi connectivity index (χ4n) is 1.88. The molecule has 2 rings (SSSR count). The van der Waals surface area contributed by atoms with E-state index in [0.29, 0.717) is 21.8 Å². The molecule has 1 heterocycles. The summed E-state index contributed by atoms with van der Waals surface area (Å²) in [6.07, 6.45) is 0. The Hall–Kier alpha value is -2.21. The van der Waals surface area contributed by atoms with Gasteiger partial charge >= 0.3 is 5.97 Å². The van der Waals surface area contributed by atoms with Crippen molar-refractivity contribution in [3.8, 4) is 0 Å². The molecule has 0 radical (unpaired) electrons. The van der Waals surface area contributed by atoms with Crippen LogP contribution in [0.3, 0.4) is 0 Å². The summed E-state index contributed by atoms with van der Waals surface area (Å²) < 4.78 is 9.44. The van der Waals surface area contributed by atoms with Crippen molar-refractivity contribution < 1.29 is 14.3 Å². The van der Waals surface area contributed by atoms with Gasteiger partial charge in [0.1, 0.15) is 17.2 Å². The van der Waals surface area contributed by atoms with E-state index in [1.54, 1.807) is 32.2 Å². The molecule has 0 unspecified atom stereocenters. The first-order chi connectivity index (χ1) is 10.0. The number of carbonyl (C=O) groups excluding carboxylic acids is 2. The Bertz CT molecular complexity index is 679. The number of esters is 1. The van der Waals surface area contributed by atoms with Gasteiger partial charge < -0.3 is 10.1 Å². The number of ketones is 1. The van der Waals surface area contributed by atoms with Crippen molar-refractivity contribution >= 4 is 28.3 Å². The van der Waals surface area contributed by atoms with E-state index >= 15 is 0 Å². The topological polar surface area (TPSA) is 68.3 Å². The number of ether oxygens (including phenoxy) is 1. The Morgan fingerprint density at radius 3 is 2.81 bits per heavy atom. The predicted octanol–water partition coefficient (Wildman–Crippen LogP) is 3.05. The number of hydrogen-bond donors (Lipinski definition) is 1. The van der Waals surface area contributed by atoms with Gasteiger partial charge in [-0.05, 0) is 37.0 Å². The normalized spacial score (nSPS) is 10.2. The average Bonchev–Trinajstić information content (AvgIpc) is 2.86. The fraction of sp³-hybridized carbons (Fsp3) is 0.267. The highest BCUT2D eigenvalue weighted by Crippen LogP contribution is 2.25. The summed E-state index contributed by atoms with van der Waals surface area (Å²) in [7, 11) is 1.74. The van der Waals surface area contributed by atoms with Crippen LogP contribution in [-0.4, -0.2) is 23.2 Å². The molecule has 6 heteroatoms. The van der Waals surface area contributed by atoms with Gasteiger partial charge in [0.2, 0.25) is 0 Å². The minimum absolute atomic E-state index is 0.0153. The quantitative estimate of drug-likeness (QED) is 0.679. The summed E-state index contributed by atoms with van der Waals surface area (Å²) in [5.74, 6) is -0.433.